The number of carbonyl (C=O) groups excluding carboxylic acids is 1. The summed E-state index contributed by atoms with van der Waals surface area (Å²) in [6.45, 7) is 0.203. The number of aryl methyl sites for hydroxylation is 1. The van der Waals surface area contributed by atoms with Gasteiger partial charge in [-0.05, 0) is 30.3 Å². The van der Waals surface area contributed by atoms with Gasteiger partial charge in [0, 0.05) is 35.3 Å². The van der Waals surface area contributed by atoms with Crippen molar-refractivity contribution in [1.29, 1.82) is 0 Å². The van der Waals surface area contributed by atoms with Crippen LogP contribution < -0.4 is 11.1 Å². The summed E-state index contributed by atoms with van der Waals surface area (Å²) in [4.78, 5) is 24.0. The molecule has 1 N–H and O–H groups in total. The lowest BCUT2D eigenvalue weighted by atomic mass is 10.2. The fourth-order valence-electron chi connectivity index (χ4n) is 2.38. The van der Waals surface area contributed by atoms with Crippen molar-refractivity contribution < 1.29 is 9.21 Å². The van der Waals surface area contributed by atoms with Crippen LogP contribution in [0.5, 0.6) is 0 Å². The lowest BCUT2D eigenvalue weighted by molar-refractivity contribution is -0.116. The van der Waals surface area contributed by atoms with Crippen molar-refractivity contribution in [3.63, 3.8) is 0 Å². The van der Waals surface area contributed by atoms with Crippen molar-refractivity contribution in [2.75, 3.05) is 5.32 Å². The van der Waals surface area contributed by atoms with E-state index in [1.165, 1.54) is 4.57 Å². The van der Waals surface area contributed by atoms with Gasteiger partial charge in [-0.2, -0.15) is 0 Å². The summed E-state index contributed by atoms with van der Waals surface area (Å²) in [5.41, 5.74) is 2.30. The maximum Gasteiger partial charge on any atom is 0.419 e. The Balaban J connectivity index is 1.71. The van der Waals surface area contributed by atoms with Crippen molar-refractivity contribution in [1.82, 2.24) is 4.57 Å². The second-order valence-electron chi connectivity index (χ2n) is 5.15. The Morgan fingerprint density at radius 2 is 2.12 bits per heavy atom. The molecule has 3 rings (SSSR count). The molecular weight excluding hydrogens is 328 g/mol. The second kappa shape index (κ2) is 6.65. The first-order chi connectivity index (χ1) is 11.6. The van der Waals surface area contributed by atoms with Crippen LogP contribution in [0.25, 0.3) is 11.1 Å². The predicted molar refractivity (Wildman–Crippen MR) is 93.1 cm³/mol. The lowest BCUT2D eigenvalue weighted by Crippen LogP contribution is -2.19. The molecule has 3 aromatic rings. The van der Waals surface area contributed by atoms with Crippen LogP contribution in [0, 0.1) is 12.3 Å². The van der Waals surface area contributed by atoms with Crippen molar-refractivity contribution >= 4 is 34.3 Å². The van der Waals surface area contributed by atoms with Crippen LogP contribution in [0.3, 0.4) is 0 Å². The Hall–Kier alpha value is -2.97. The first kappa shape index (κ1) is 15.9. The van der Waals surface area contributed by atoms with Gasteiger partial charge in [0.25, 0.3) is 0 Å². The van der Waals surface area contributed by atoms with Gasteiger partial charge in [-0.1, -0.05) is 23.6 Å². The van der Waals surface area contributed by atoms with Crippen LogP contribution in [-0.2, 0) is 11.3 Å². The summed E-state index contributed by atoms with van der Waals surface area (Å²) in [6, 6.07) is 11.9. The molecule has 0 aliphatic rings. The summed E-state index contributed by atoms with van der Waals surface area (Å²) >= 11 is 5.87. The number of anilines is 1. The van der Waals surface area contributed by atoms with Crippen LogP contribution in [0.2, 0.25) is 5.02 Å². The van der Waals surface area contributed by atoms with Crippen LogP contribution >= 0.6 is 11.6 Å². The molecule has 1 aromatic heterocycles. The van der Waals surface area contributed by atoms with Gasteiger partial charge in [-0.15, -0.1) is 6.42 Å². The molecule has 0 atom stereocenters. The number of terminal acetylenes is 1. The number of rotatable bonds is 4. The number of benzene rings is 2. The number of oxazole rings is 1. The molecule has 5 nitrogen and oxygen atoms in total. The highest BCUT2D eigenvalue weighted by molar-refractivity contribution is 6.31. The van der Waals surface area contributed by atoms with E-state index in [4.69, 9.17) is 22.4 Å². The van der Waals surface area contributed by atoms with E-state index < -0.39 is 5.76 Å². The third-order valence-electron chi connectivity index (χ3n) is 3.51. The van der Waals surface area contributed by atoms with Gasteiger partial charge < -0.3 is 9.73 Å². The topological polar surface area (TPSA) is 64.2 Å². The standard InChI is InChI=1S/C18H13ClN2O3/c1-2-12-4-3-5-14(10-12)20-17(22)8-9-21-15-7-6-13(19)11-16(15)24-18(21)23/h1,3-7,10-11H,8-9H2,(H,20,22). The number of hydrogen-bond acceptors (Lipinski definition) is 3. The molecule has 0 bridgehead atoms. The fraction of sp³-hybridized carbons (Fsp3) is 0.111. The second-order valence-corrected chi connectivity index (χ2v) is 5.59. The van der Waals surface area contributed by atoms with Crippen LogP contribution in [-0.4, -0.2) is 10.5 Å². The minimum Gasteiger partial charge on any atom is -0.408 e. The smallest absolute Gasteiger partial charge is 0.408 e. The maximum absolute atomic E-state index is 12.1. The largest absolute Gasteiger partial charge is 0.419 e. The van der Waals surface area contributed by atoms with Gasteiger partial charge >= 0.3 is 5.76 Å². The number of carbonyl (C=O) groups is 1. The summed E-state index contributed by atoms with van der Waals surface area (Å²) in [5, 5.41) is 3.24. The monoisotopic (exact) mass is 340 g/mol. The number of halogens is 1. The number of nitrogens with zero attached hydrogens (tertiary/aromatic N) is 1. The Kier molecular flexibility index (Phi) is 4.41. The normalized spacial score (nSPS) is 10.5. The van der Waals surface area contributed by atoms with Gasteiger partial charge in [0.05, 0.1) is 5.52 Å². The van der Waals surface area contributed by atoms with Crippen LogP contribution in [0.4, 0.5) is 5.69 Å². The SMILES string of the molecule is C#Cc1cccc(NC(=O)CCn2c(=O)oc3cc(Cl)ccc32)c1. The molecule has 0 aliphatic heterocycles. The zero-order valence-corrected chi connectivity index (χ0v) is 13.3. The third kappa shape index (κ3) is 3.34. The molecule has 120 valence electrons. The quantitative estimate of drug-likeness (QED) is 0.741. The average molecular weight is 341 g/mol. The van der Waals surface area contributed by atoms with E-state index in [0.29, 0.717) is 27.4 Å². The zero-order chi connectivity index (χ0) is 17.1. The van der Waals surface area contributed by atoms with E-state index >= 15 is 0 Å². The van der Waals surface area contributed by atoms with E-state index in [9.17, 15) is 9.59 Å². The van der Waals surface area contributed by atoms with Crippen molar-refractivity contribution in [2.45, 2.75) is 13.0 Å². The fourth-order valence-corrected chi connectivity index (χ4v) is 2.54. The van der Waals surface area contributed by atoms with Gasteiger partial charge in [-0.25, -0.2) is 4.79 Å². The summed E-state index contributed by atoms with van der Waals surface area (Å²) in [5.74, 6) is 1.77. The van der Waals surface area contributed by atoms with E-state index in [-0.39, 0.29) is 18.9 Å². The predicted octanol–water partition coefficient (Wildman–Crippen LogP) is 3.26. The minimum absolute atomic E-state index is 0.122. The molecule has 0 radical (unpaired) electrons. The zero-order valence-electron chi connectivity index (χ0n) is 12.6. The van der Waals surface area contributed by atoms with Crippen molar-refractivity contribution in [2.24, 2.45) is 0 Å². The lowest BCUT2D eigenvalue weighted by Gasteiger charge is -2.06. The average Bonchev–Trinajstić information content (AvgIpc) is 2.87. The maximum atomic E-state index is 12.1. The summed E-state index contributed by atoms with van der Waals surface area (Å²) in [6.07, 6.45) is 5.45. The third-order valence-corrected chi connectivity index (χ3v) is 3.74. The van der Waals surface area contributed by atoms with E-state index in [2.05, 4.69) is 11.2 Å². The molecule has 0 unspecified atom stereocenters. The van der Waals surface area contributed by atoms with Gasteiger partial charge in [0.1, 0.15) is 0 Å². The van der Waals surface area contributed by atoms with E-state index in [1.54, 1.807) is 42.5 Å². The Labute approximate surface area is 142 Å². The number of nitrogens with one attached hydrogen (secondary N) is 1. The molecule has 1 amide bonds. The molecule has 2 aromatic carbocycles. The highest BCUT2D eigenvalue weighted by Gasteiger charge is 2.11. The van der Waals surface area contributed by atoms with Crippen molar-refractivity contribution in [3.8, 4) is 12.3 Å². The molecule has 0 spiro atoms. The van der Waals surface area contributed by atoms with Gasteiger partial charge in [-0.3, -0.25) is 9.36 Å². The minimum atomic E-state index is -0.519. The summed E-state index contributed by atoms with van der Waals surface area (Å²) < 4.78 is 6.54. The van der Waals surface area contributed by atoms with Crippen LogP contribution in [0.1, 0.15) is 12.0 Å². The molecule has 0 fully saturated rings. The van der Waals surface area contributed by atoms with E-state index in [1.807, 2.05) is 0 Å². The molecular formula is C18H13ClN2O3. The number of hydrogen-bond donors (Lipinski definition) is 1. The van der Waals surface area contributed by atoms with Gasteiger partial charge in [0.15, 0.2) is 5.58 Å². The molecule has 24 heavy (non-hydrogen) atoms. The van der Waals surface area contributed by atoms with Crippen molar-refractivity contribution in [3.05, 3.63) is 63.6 Å². The van der Waals surface area contributed by atoms with Gasteiger partial charge in [0.2, 0.25) is 5.91 Å². The molecule has 6 heteroatoms. The molecule has 1 heterocycles. The van der Waals surface area contributed by atoms with E-state index in [0.717, 1.165) is 0 Å². The Morgan fingerprint density at radius 1 is 1.29 bits per heavy atom. The first-order valence-corrected chi connectivity index (χ1v) is 7.60. The highest BCUT2D eigenvalue weighted by atomic mass is 35.5. The number of aromatic nitrogens is 1. The Bertz CT molecular complexity index is 1010. The molecule has 0 saturated heterocycles. The number of amides is 1. The number of fused-ring (bicyclic) bond motifs is 1. The highest BCUT2D eigenvalue weighted by Crippen LogP contribution is 2.18. The summed E-state index contributed by atoms with van der Waals surface area (Å²) in [7, 11) is 0. The first-order valence-electron chi connectivity index (χ1n) is 7.22. The Morgan fingerprint density at radius 3 is 2.92 bits per heavy atom. The molecule has 0 saturated carbocycles. The van der Waals surface area contributed by atoms with Crippen LogP contribution in [0.15, 0.2) is 51.7 Å². The molecule has 0 aliphatic carbocycles.